The van der Waals surface area contributed by atoms with Crippen molar-refractivity contribution in [1.29, 1.82) is 0 Å². The van der Waals surface area contributed by atoms with Crippen LogP contribution in [0.2, 0.25) is 0 Å². The molecule has 0 heterocycles. The van der Waals surface area contributed by atoms with Crippen LogP contribution in [0.5, 0.6) is 0 Å². The van der Waals surface area contributed by atoms with Crippen LogP contribution in [0.15, 0.2) is 54.6 Å². The first-order valence-electron chi connectivity index (χ1n) is 15.2. The Morgan fingerprint density at radius 3 is 0.811 bits per heavy atom. The summed E-state index contributed by atoms with van der Waals surface area (Å²) >= 11 is 0. The number of rotatable bonds is 8. The summed E-state index contributed by atoms with van der Waals surface area (Å²) in [6.45, 7) is 8.06. The van der Waals surface area contributed by atoms with E-state index in [9.17, 15) is 35.1 Å². The first-order valence-corrected chi connectivity index (χ1v) is 15.2. The van der Waals surface area contributed by atoms with E-state index in [1.807, 2.05) is 0 Å². The fourth-order valence-corrected chi connectivity index (χ4v) is 6.14. The van der Waals surface area contributed by atoms with Gasteiger partial charge in [0.05, 0.1) is 13.1 Å². The lowest BCUT2D eigenvalue weighted by molar-refractivity contribution is -0.910. The van der Waals surface area contributed by atoms with Crippen molar-refractivity contribution in [3.8, 4) is 0 Å². The van der Waals surface area contributed by atoms with Crippen LogP contribution in [0.4, 0.5) is 70.2 Å². The van der Waals surface area contributed by atoms with Crippen molar-refractivity contribution in [3.05, 3.63) is 153 Å². The van der Waals surface area contributed by atoms with Crippen LogP contribution in [-0.2, 0) is 6.54 Å². The van der Waals surface area contributed by atoms with E-state index in [1.165, 1.54) is 18.7 Å². The summed E-state index contributed by atoms with van der Waals surface area (Å²) < 4.78 is 238. The maximum Gasteiger partial charge on any atom is 0.158 e. The molecule has 0 fully saturated rings. The van der Waals surface area contributed by atoms with Crippen LogP contribution < -0.4 is 26.8 Å². The summed E-state index contributed by atoms with van der Waals surface area (Å²) in [7, 11) is 0. The molecule has 0 spiro atoms. The lowest BCUT2D eigenvalue weighted by Gasteiger charge is -2.44. The molecule has 0 aromatic heterocycles. The predicted octanol–water partition coefficient (Wildman–Crippen LogP) is 6.40. The number of hydrogen-bond acceptors (Lipinski definition) is 0. The van der Waals surface area contributed by atoms with Gasteiger partial charge in [-0.2, -0.15) is 0 Å². The zero-order valence-electron chi connectivity index (χ0n) is 26.9. The third-order valence-electron chi connectivity index (χ3n) is 8.61. The van der Waals surface area contributed by atoms with Crippen molar-refractivity contribution in [1.82, 2.24) is 0 Å². The molecule has 0 atom stereocenters. The molecule has 0 saturated carbocycles. The van der Waals surface area contributed by atoms with E-state index >= 15 is 35.1 Å². The SMILES string of the molecule is CC[NH+](CC)Cc1ccccc1.Fc1cc(F)c(F)c([B-](c2c(F)c(F)cc(F)c2F)(c2c(F)c(F)cc(F)c2F)c2c(F)c(F)cc(F)c2F)c1F. The molecule has 5 aromatic carbocycles. The van der Waals surface area contributed by atoms with Gasteiger partial charge in [-0.15, -0.1) is 21.9 Å². The molecule has 5 rings (SSSR count). The zero-order chi connectivity index (χ0) is 39.7. The molecule has 282 valence electrons. The van der Waals surface area contributed by atoms with E-state index in [0.717, 1.165) is 6.54 Å². The van der Waals surface area contributed by atoms with E-state index in [1.54, 1.807) is 4.90 Å². The van der Waals surface area contributed by atoms with Crippen LogP contribution in [-0.4, -0.2) is 19.2 Å². The molecule has 1 N–H and O–H groups in total. The van der Waals surface area contributed by atoms with Crippen molar-refractivity contribution in [2.45, 2.75) is 20.4 Å². The molecule has 18 heteroatoms. The number of halogens is 16. The topological polar surface area (TPSA) is 4.44 Å². The smallest absolute Gasteiger partial charge is 0.158 e. The summed E-state index contributed by atoms with van der Waals surface area (Å²) in [5.41, 5.74) is -10.5. The minimum atomic E-state index is -6.49. The Kier molecular flexibility index (Phi) is 12.3. The Balaban J connectivity index is 0.000000443. The number of hydrogen-bond donors (Lipinski definition) is 1. The van der Waals surface area contributed by atoms with Crippen molar-refractivity contribution in [2.24, 2.45) is 0 Å². The Morgan fingerprint density at radius 2 is 0.604 bits per heavy atom. The summed E-state index contributed by atoms with van der Waals surface area (Å²) in [6, 6.07) is 7.93. The highest BCUT2D eigenvalue weighted by molar-refractivity contribution is 7.20. The zero-order valence-corrected chi connectivity index (χ0v) is 26.9. The molecule has 5 aromatic rings. The van der Waals surface area contributed by atoms with Crippen molar-refractivity contribution < 1.29 is 75.1 Å². The van der Waals surface area contributed by atoms with Gasteiger partial charge < -0.3 is 4.90 Å². The highest BCUT2D eigenvalue weighted by atomic mass is 19.2. The Labute approximate surface area is 290 Å². The molecular weight excluding hydrogens is 749 g/mol. The largest absolute Gasteiger partial charge is 0.332 e. The van der Waals surface area contributed by atoms with E-state index in [0.29, 0.717) is 0 Å². The maximum atomic E-state index is 15.3. The van der Waals surface area contributed by atoms with Gasteiger partial charge in [-0.05, 0) is 13.8 Å². The van der Waals surface area contributed by atoms with Gasteiger partial charge in [0, 0.05) is 29.8 Å². The van der Waals surface area contributed by atoms with Gasteiger partial charge in [0.25, 0.3) is 0 Å². The van der Waals surface area contributed by atoms with Crippen LogP contribution >= 0.6 is 0 Å². The normalized spacial score (nSPS) is 11.6. The summed E-state index contributed by atoms with van der Waals surface area (Å²) in [5, 5.41) is 0. The lowest BCUT2D eigenvalue weighted by atomic mass is 9.12. The number of quaternary nitrogens is 1. The van der Waals surface area contributed by atoms with E-state index < -0.39 is 145 Å². The summed E-state index contributed by atoms with van der Waals surface area (Å²) in [6.07, 6.45) is -6.49. The molecule has 0 unspecified atom stereocenters. The molecule has 0 radical (unpaired) electrons. The van der Waals surface area contributed by atoms with Crippen LogP contribution in [0, 0.1) is 93.1 Å². The molecule has 1 nitrogen and oxygen atoms in total. The number of benzene rings is 5. The van der Waals surface area contributed by atoms with Crippen LogP contribution in [0.1, 0.15) is 19.4 Å². The van der Waals surface area contributed by atoms with Gasteiger partial charge in [-0.1, -0.05) is 30.3 Å². The molecule has 0 amide bonds. The van der Waals surface area contributed by atoms with E-state index in [2.05, 4.69) is 44.2 Å². The molecule has 0 aliphatic heterocycles. The van der Waals surface area contributed by atoms with Crippen molar-refractivity contribution >= 4 is 28.0 Å². The molecule has 53 heavy (non-hydrogen) atoms. The van der Waals surface area contributed by atoms with Gasteiger partial charge in [-0.25, -0.2) is 70.2 Å². The molecule has 0 aliphatic carbocycles. The molecular formula is C35H22BF16N. The predicted molar refractivity (Wildman–Crippen MR) is 162 cm³/mol. The second-order valence-corrected chi connectivity index (χ2v) is 11.5. The van der Waals surface area contributed by atoms with Crippen molar-refractivity contribution in [3.63, 3.8) is 0 Å². The standard InChI is InChI=1S/C24H4BF16.C11H17N/c26-5-1-6(27)18(35)13(17(5)34)25(14-19(36)7(28)2-8(29)20(14)37,15-21(38)9(30)3-10(31)22(15)39)16-23(40)11(32)4-12(33)24(16)41;1-3-12(4-2)10-11-8-6-5-7-9-11/h1-4H;5-9H,3-4,10H2,1-2H3/q-1;/p+1. The highest BCUT2D eigenvalue weighted by Crippen LogP contribution is 2.27. The van der Waals surface area contributed by atoms with Crippen molar-refractivity contribution in [2.75, 3.05) is 13.1 Å². The second-order valence-electron chi connectivity index (χ2n) is 11.5. The average Bonchev–Trinajstić information content (AvgIpc) is 3.11. The van der Waals surface area contributed by atoms with E-state index in [-0.39, 0.29) is 0 Å². The first kappa shape index (κ1) is 40.8. The summed E-state index contributed by atoms with van der Waals surface area (Å²) in [4.78, 5) is 1.64. The molecule has 0 bridgehead atoms. The summed E-state index contributed by atoms with van der Waals surface area (Å²) in [5.74, 6) is -46.2. The fourth-order valence-electron chi connectivity index (χ4n) is 6.14. The lowest BCUT2D eigenvalue weighted by Crippen LogP contribution is -3.10. The van der Waals surface area contributed by atoms with Gasteiger partial charge in [0.1, 0.15) is 59.2 Å². The van der Waals surface area contributed by atoms with Gasteiger partial charge in [0.15, 0.2) is 46.5 Å². The fraction of sp³-hybridized carbons (Fsp3) is 0.143. The first-order chi connectivity index (χ1) is 24.9. The third-order valence-corrected chi connectivity index (χ3v) is 8.61. The Morgan fingerprint density at radius 1 is 0.377 bits per heavy atom. The minimum absolute atomic E-state index is 0.689. The van der Waals surface area contributed by atoms with Crippen LogP contribution in [0.25, 0.3) is 0 Å². The number of nitrogens with one attached hydrogen (secondary N) is 1. The monoisotopic (exact) mass is 771 g/mol. The van der Waals surface area contributed by atoms with E-state index in [4.69, 9.17) is 0 Å². The maximum absolute atomic E-state index is 15.3. The Bertz CT molecular complexity index is 1810. The molecule has 0 aliphatic rings. The minimum Gasteiger partial charge on any atom is -0.332 e. The van der Waals surface area contributed by atoms with Crippen LogP contribution in [0.3, 0.4) is 0 Å². The quantitative estimate of drug-likeness (QED) is 0.106. The van der Waals surface area contributed by atoms with Gasteiger partial charge in [0.2, 0.25) is 0 Å². The Hall–Kier alpha value is -5.00. The highest BCUT2D eigenvalue weighted by Gasteiger charge is 2.50. The third kappa shape index (κ3) is 7.20. The second kappa shape index (κ2) is 15.9. The average molecular weight is 771 g/mol. The molecule has 0 saturated heterocycles. The van der Waals surface area contributed by atoms with Gasteiger partial charge in [-0.3, -0.25) is 0 Å². The van der Waals surface area contributed by atoms with Gasteiger partial charge >= 0.3 is 0 Å².